The molecule has 1 aliphatic rings. The molecule has 1 heterocycles. The van der Waals surface area contributed by atoms with Gasteiger partial charge in [0.05, 0.1) is 0 Å². The number of nitrogens with one attached hydrogen (secondary N) is 3. The topological polar surface area (TPSA) is 62.4 Å². The van der Waals surface area contributed by atoms with Crippen molar-refractivity contribution >= 4 is 27.5 Å². The zero-order chi connectivity index (χ0) is 18.7. The van der Waals surface area contributed by atoms with Crippen LogP contribution in [0.4, 0.5) is 18.9 Å². The average Bonchev–Trinajstić information content (AvgIpc) is 3.06. The number of hydrogen-bond donors (Lipinski definition) is 3. The van der Waals surface area contributed by atoms with Crippen LogP contribution in [0, 0.1) is 0 Å². The van der Waals surface area contributed by atoms with E-state index in [0.717, 1.165) is 22.2 Å². The number of anilines is 1. The molecule has 1 aliphatic heterocycles. The number of halogens is 4. The SMILES string of the molecule is O=C(Nc1ccc(OC(F)(F)F)cc1)C1CC(c2ccc(Br)cc2)NN1. The molecule has 2 unspecified atom stereocenters. The van der Waals surface area contributed by atoms with E-state index in [9.17, 15) is 18.0 Å². The molecule has 3 N–H and O–H groups in total. The van der Waals surface area contributed by atoms with Gasteiger partial charge in [-0.2, -0.15) is 0 Å². The Morgan fingerprint density at radius 1 is 1.08 bits per heavy atom. The molecule has 2 aromatic rings. The number of hydrogen-bond acceptors (Lipinski definition) is 4. The molecule has 0 saturated carbocycles. The molecule has 2 atom stereocenters. The fraction of sp³-hybridized carbons (Fsp3) is 0.235. The predicted molar refractivity (Wildman–Crippen MR) is 93.3 cm³/mol. The molecule has 2 aromatic carbocycles. The number of ether oxygens (including phenoxy) is 1. The van der Waals surface area contributed by atoms with Gasteiger partial charge in [-0.1, -0.05) is 28.1 Å². The third kappa shape index (κ3) is 4.96. The maximum atomic E-state index is 12.3. The Hall–Kier alpha value is -2.10. The molecule has 0 aromatic heterocycles. The molecule has 0 aliphatic carbocycles. The van der Waals surface area contributed by atoms with Crippen LogP contribution in [0.15, 0.2) is 53.0 Å². The maximum absolute atomic E-state index is 12.3. The van der Waals surface area contributed by atoms with Crippen LogP contribution in [0.5, 0.6) is 5.75 Å². The second-order valence-electron chi connectivity index (χ2n) is 5.74. The van der Waals surface area contributed by atoms with Crippen molar-refractivity contribution in [1.29, 1.82) is 0 Å². The minimum atomic E-state index is -4.74. The Balaban J connectivity index is 1.56. The van der Waals surface area contributed by atoms with Crippen LogP contribution in [0.1, 0.15) is 18.0 Å². The van der Waals surface area contributed by atoms with E-state index in [2.05, 4.69) is 36.8 Å². The van der Waals surface area contributed by atoms with Crippen LogP contribution in [0.25, 0.3) is 0 Å². The quantitative estimate of drug-likeness (QED) is 0.689. The lowest BCUT2D eigenvalue weighted by molar-refractivity contribution is -0.274. The number of amides is 1. The van der Waals surface area contributed by atoms with Gasteiger partial charge >= 0.3 is 6.36 Å². The first-order chi connectivity index (χ1) is 12.3. The number of rotatable bonds is 4. The van der Waals surface area contributed by atoms with Crippen molar-refractivity contribution in [3.63, 3.8) is 0 Å². The molecular formula is C17H15BrF3N3O2. The zero-order valence-corrected chi connectivity index (χ0v) is 14.9. The van der Waals surface area contributed by atoms with Gasteiger partial charge in [0.25, 0.3) is 0 Å². The van der Waals surface area contributed by atoms with Crippen LogP contribution < -0.4 is 20.9 Å². The first-order valence-electron chi connectivity index (χ1n) is 7.73. The number of hydrazine groups is 1. The summed E-state index contributed by atoms with van der Waals surface area (Å²) in [6, 6.07) is 12.3. The van der Waals surface area contributed by atoms with Crippen molar-refractivity contribution in [3.8, 4) is 5.75 Å². The number of carbonyl (C=O) groups excluding carboxylic acids is 1. The predicted octanol–water partition coefficient (Wildman–Crippen LogP) is 3.89. The van der Waals surface area contributed by atoms with Crippen LogP contribution >= 0.6 is 15.9 Å². The van der Waals surface area contributed by atoms with Crippen LogP contribution in [-0.2, 0) is 4.79 Å². The Morgan fingerprint density at radius 3 is 2.35 bits per heavy atom. The van der Waals surface area contributed by atoms with E-state index in [1.807, 2.05) is 24.3 Å². The second-order valence-corrected chi connectivity index (χ2v) is 6.66. The summed E-state index contributed by atoms with van der Waals surface area (Å²) in [5, 5.41) is 2.67. The molecule has 1 saturated heterocycles. The molecule has 0 radical (unpaired) electrons. The molecule has 3 rings (SSSR count). The first-order valence-corrected chi connectivity index (χ1v) is 8.53. The molecular weight excluding hydrogens is 415 g/mol. The van der Waals surface area contributed by atoms with Crippen molar-refractivity contribution in [1.82, 2.24) is 10.9 Å². The van der Waals surface area contributed by atoms with Gasteiger partial charge in [-0.05, 0) is 48.4 Å². The third-order valence-electron chi connectivity index (χ3n) is 3.85. The molecule has 1 amide bonds. The Bertz CT molecular complexity index is 766. The Kier molecular flexibility index (Phi) is 5.49. The summed E-state index contributed by atoms with van der Waals surface area (Å²) in [7, 11) is 0. The van der Waals surface area contributed by atoms with Gasteiger partial charge in [-0.25, -0.2) is 10.9 Å². The number of alkyl halides is 3. The van der Waals surface area contributed by atoms with Crippen LogP contribution in [0.3, 0.4) is 0 Å². The highest BCUT2D eigenvalue weighted by molar-refractivity contribution is 9.10. The molecule has 9 heteroatoms. The molecule has 26 heavy (non-hydrogen) atoms. The molecule has 5 nitrogen and oxygen atoms in total. The first kappa shape index (κ1) is 18.7. The third-order valence-corrected chi connectivity index (χ3v) is 4.38. The van der Waals surface area contributed by atoms with Crippen molar-refractivity contribution in [2.24, 2.45) is 0 Å². The highest BCUT2D eigenvalue weighted by Gasteiger charge is 2.31. The van der Waals surface area contributed by atoms with Gasteiger partial charge in [0.15, 0.2) is 0 Å². The van der Waals surface area contributed by atoms with Gasteiger partial charge in [0.2, 0.25) is 5.91 Å². The van der Waals surface area contributed by atoms with Gasteiger partial charge in [0, 0.05) is 16.2 Å². The maximum Gasteiger partial charge on any atom is 0.573 e. The smallest absolute Gasteiger partial charge is 0.406 e. The average molecular weight is 430 g/mol. The largest absolute Gasteiger partial charge is 0.573 e. The lowest BCUT2D eigenvalue weighted by Crippen LogP contribution is -2.39. The van der Waals surface area contributed by atoms with Crippen molar-refractivity contribution in [3.05, 3.63) is 58.6 Å². The zero-order valence-electron chi connectivity index (χ0n) is 13.3. The number of benzene rings is 2. The molecule has 0 spiro atoms. The highest BCUT2D eigenvalue weighted by atomic mass is 79.9. The van der Waals surface area contributed by atoms with E-state index in [4.69, 9.17) is 0 Å². The summed E-state index contributed by atoms with van der Waals surface area (Å²) in [5.41, 5.74) is 7.44. The van der Waals surface area contributed by atoms with Gasteiger partial charge in [-0.3, -0.25) is 4.79 Å². The van der Waals surface area contributed by atoms with Crippen molar-refractivity contribution in [2.75, 3.05) is 5.32 Å². The van der Waals surface area contributed by atoms with E-state index in [0.29, 0.717) is 12.1 Å². The van der Waals surface area contributed by atoms with Crippen molar-refractivity contribution in [2.45, 2.75) is 24.9 Å². The van der Waals surface area contributed by atoms with Gasteiger partial charge in [0.1, 0.15) is 11.8 Å². The Morgan fingerprint density at radius 2 is 1.73 bits per heavy atom. The van der Waals surface area contributed by atoms with Crippen molar-refractivity contribution < 1.29 is 22.7 Å². The summed E-state index contributed by atoms with van der Waals surface area (Å²) < 4.78 is 41.2. The van der Waals surface area contributed by atoms with E-state index < -0.39 is 12.4 Å². The molecule has 138 valence electrons. The van der Waals surface area contributed by atoms with Gasteiger partial charge < -0.3 is 10.1 Å². The lowest BCUT2D eigenvalue weighted by Gasteiger charge is -2.12. The molecule has 1 fully saturated rings. The summed E-state index contributed by atoms with van der Waals surface area (Å²) in [6.07, 6.45) is -4.20. The molecule has 0 bridgehead atoms. The second kappa shape index (κ2) is 7.65. The Labute approximate surface area is 156 Å². The summed E-state index contributed by atoms with van der Waals surface area (Å²) in [5.74, 6) is -0.618. The summed E-state index contributed by atoms with van der Waals surface area (Å²) >= 11 is 3.38. The summed E-state index contributed by atoms with van der Waals surface area (Å²) in [4.78, 5) is 12.3. The minimum absolute atomic E-state index is 0.0126. The van der Waals surface area contributed by atoms with E-state index in [1.165, 1.54) is 12.1 Å². The van der Waals surface area contributed by atoms with E-state index in [-0.39, 0.29) is 17.7 Å². The van der Waals surface area contributed by atoms with E-state index in [1.54, 1.807) is 0 Å². The summed E-state index contributed by atoms with van der Waals surface area (Å²) in [6.45, 7) is 0. The fourth-order valence-corrected chi connectivity index (χ4v) is 2.88. The fourth-order valence-electron chi connectivity index (χ4n) is 2.61. The number of carbonyl (C=O) groups is 1. The normalized spacial score (nSPS) is 20.0. The standard InChI is InChI=1S/C17H15BrF3N3O2/c18-11-3-1-10(2-4-11)14-9-15(24-23-14)16(25)22-12-5-7-13(8-6-12)26-17(19,20)21/h1-8,14-15,23-24H,9H2,(H,22,25). The van der Waals surface area contributed by atoms with Crippen LogP contribution in [-0.4, -0.2) is 18.3 Å². The monoisotopic (exact) mass is 429 g/mol. The lowest BCUT2D eigenvalue weighted by atomic mass is 10.0. The van der Waals surface area contributed by atoms with Gasteiger partial charge in [-0.15, -0.1) is 13.2 Å². The van der Waals surface area contributed by atoms with Crippen LogP contribution in [0.2, 0.25) is 0 Å². The van der Waals surface area contributed by atoms with E-state index >= 15 is 0 Å². The minimum Gasteiger partial charge on any atom is -0.406 e. The highest BCUT2D eigenvalue weighted by Crippen LogP contribution is 2.26.